The molecule has 0 aliphatic heterocycles. The van der Waals surface area contributed by atoms with E-state index in [1.165, 1.54) is 23.3 Å². The summed E-state index contributed by atoms with van der Waals surface area (Å²) in [5, 5.41) is 0. The van der Waals surface area contributed by atoms with Crippen LogP contribution in [0.2, 0.25) is 0 Å². The topological polar surface area (TPSA) is 0 Å². The Balaban J connectivity index is 1.77. The third kappa shape index (κ3) is 3.84. The number of halogens is 2. The van der Waals surface area contributed by atoms with Gasteiger partial charge in [0.15, 0.2) is 0 Å². The zero-order valence-corrected chi connectivity index (χ0v) is 13.0. The summed E-state index contributed by atoms with van der Waals surface area (Å²) in [4.78, 5) is 0. The van der Waals surface area contributed by atoms with E-state index in [1.54, 1.807) is 0 Å². The van der Waals surface area contributed by atoms with Gasteiger partial charge in [-0.2, -0.15) is 0 Å². The Bertz CT molecular complexity index is 756. The lowest BCUT2D eigenvalue weighted by molar-refractivity contribution is 0.584. The van der Waals surface area contributed by atoms with Crippen molar-refractivity contribution in [3.8, 4) is 11.1 Å². The highest BCUT2D eigenvalue weighted by Crippen LogP contribution is 2.25. The van der Waals surface area contributed by atoms with Crippen LogP contribution in [0.4, 0.5) is 8.78 Å². The fraction of sp³-hybridized carbons (Fsp3) is 0.143. The molecule has 0 fully saturated rings. The molecule has 0 saturated carbocycles. The van der Waals surface area contributed by atoms with E-state index in [2.05, 4.69) is 19.1 Å². The Morgan fingerprint density at radius 1 is 0.739 bits per heavy atom. The van der Waals surface area contributed by atoms with Gasteiger partial charge in [0.1, 0.15) is 11.6 Å². The molecule has 0 radical (unpaired) electrons. The molecule has 2 heteroatoms. The largest absolute Gasteiger partial charge is 0.207 e. The first kappa shape index (κ1) is 15.4. The van der Waals surface area contributed by atoms with Crippen LogP contribution in [0.3, 0.4) is 0 Å². The Labute approximate surface area is 135 Å². The Morgan fingerprint density at radius 2 is 1.35 bits per heavy atom. The van der Waals surface area contributed by atoms with Crippen LogP contribution in [0.5, 0.6) is 0 Å². The van der Waals surface area contributed by atoms with Gasteiger partial charge in [0.25, 0.3) is 0 Å². The molecule has 3 aromatic carbocycles. The van der Waals surface area contributed by atoms with Crippen molar-refractivity contribution in [2.24, 2.45) is 0 Å². The monoisotopic (exact) mass is 308 g/mol. The molecule has 1 atom stereocenters. The fourth-order valence-electron chi connectivity index (χ4n) is 2.81. The first-order chi connectivity index (χ1) is 11.1. The molecule has 0 bridgehead atoms. The predicted molar refractivity (Wildman–Crippen MR) is 90.4 cm³/mol. The summed E-state index contributed by atoms with van der Waals surface area (Å²) in [6, 6.07) is 21.9. The third-order valence-electron chi connectivity index (χ3n) is 4.06. The summed E-state index contributed by atoms with van der Waals surface area (Å²) in [7, 11) is 0. The van der Waals surface area contributed by atoms with E-state index >= 15 is 0 Å². The molecule has 0 amide bonds. The number of benzene rings is 3. The molecule has 0 aliphatic carbocycles. The zero-order chi connectivity index (χ0) is 16.2. The fourth-order valence-corrected chi connectivity index (χ4v) is 2.81. The summed E-state index contributed by atoms with van der Waals surface area (Å²) in [6.45, 7) is 2.20. The Hall–Kier alpha value is -2.48. The highest BCUT2D eigenvalue weighted by Gasteiger charge is 2.07. The average Bonchev–Trinajstić information content (AvgIpc) is 2.55. The van der Waals surface area contributed by atoms with Gasteiger partial charge in [0.05, 0.1) is 0 Å². The third-order valence-corrected chi connectivity index (χ3v) is 4.06. The second-order valence-electron chi connectivity index (χ2n) is 5.87. The molecular weight excluding hydrogens is 290 g/mol. The van der Waals surface area contributed by atoms with Gasteiger partial charge in [0.2, 0.25) is 0 Å². The van der Waals surface area contributed by atoms with E-state index in [4.69, 9.17) is 0 Å². The van der Waals surface area contributed by atoms with Gasteiger partial charge in [-0.25, -0.2) is 8.78 Å². The summed E-state index contributed by atoms with van der Waals surface area (Å²) in [5.74, 6) is -0.683. The maximum absolute atomic E-state index is 13.3. The lowest BCUT2D eigenvalue weighted by atomic mass is 9.93. The average molecular weight is 308 g/mol. The van der Waals surface area contributed by atoms with Gasteiger partial charge in [-0.3, -0.25) is 0 Å². The van der Waals surface area contributed by atoms with Crippen molar-refractivity contribution in [3.63, 3.8) is 0 Å². The lowest BCUT2D eigenvalue weighted by Gasteiger charge is -2.12. The first-order valence-electron chi connectivity index (χ1n) is 7.72. The molecule has 0 aliphatic rings. The van der Waals surface area contributed by atoms with Gasteiger partial charge >= 0.3 is 0 Å². The minimum atomic E-state index is -0.554. The van der Waals surface area contributed by atoms with Gasteiger partial charge < -0.3 is 0 Å². The summed E-state index contributed by atoms with van der Waals surface area (Å²) >= 11 is 0. The number of rotatable bonds is 4. The second kappa shape index (κ2) is 6.74. The van der Waals surface area contributed by atoms with Crippen LogP contribution in [-0.4, -0.2) is 0 Å². The van der Waals surface area contributed by atoms with Gasteiger partial charge in [-0.15, -0.1) is 0 Å². The molecule has 0 N–H and O–H groups in total. The van der Waals surface area contributed by atoms with Crippen molar-refractivity contribution in [1.82, 2.24) is 0 Å². The van der Waals surface area contributed by atoms with Crippen LogP contribution in [0.15, 0.2) is 72.8 Å². The summed E-state index contributed by atoms with van der Waals surface area (Å²) in [6.07, 6.45) is 0.932. The van der Waals surface area contributed by atoms with E-state index in [0.29, 0.717) is 11.5 Å². The summed E-state index contributed by atoms with van der Waals surface area (Å²) in [5.41, 5.74) is 3.90. The minimum Gasteiger partial charge on any atom is -0.207 e. The zero-order valence-electron chi connectivity index (χ0n) is 13.0. The van der Waals surface area contributed by atoms with Crippen LogP contribution >= 0.6 is 0 Å². The van der Waals surface area contributed by atoms with E-state index in [9.17, 15) is 8.78 Å². The van der Waals surface area contributed by atoms with Gasteiger partial charge in [-0.1, -0.05) is 61.5 Å². The predicted octanol–water partition coefficient (Wildman–Crippen LogP) is 5.98. The minimum absolute atomic E-state index is 0.425. The van der Waals surface area contributed by atoms with Gasteiger partial charge in [0, 0.05) is 6.07 Å². The van der Waals surface area contributed by atoms with E-state index in [-0.39, 0.29) is 0 Å². The van der Waals surface area contributed by atoms with Crippen molar-refractivity contribution < 1.29 is 8.78 Å². The molecule has 0 aromatic heterocycles. The molecule has 3 rings (SSSR count). The van der Waals surface area contributed by atoms with Crippen LogP contribution in [0.1, 0.15) is 24.0 Å². The lowest BCUT2D eigenvalue weighted by Crippen LogP contribution is -1.98. The molecule has 0 saturated heterocycles. The van der Waals surface area contributed by atoms with Crippen LogP contribution in [0.25, 0.3) is 11.1 Å². The molecular formula is C21H18F2. The van der Waals surface area contributed by atoms with Crippen molar-refractivity contribution in [2.75, 3.05) is 0 Å². The second-order valence-corrected chi connectivity index (χ2v) is 5.87. The van der Waals surface area contributed by atoms with Crippen molar-refractivity contribution >= 4 is 0 Å². The molecule has 23 heavy (non-hydrogen) atoms. The SMILES string of the molecule is CC(Cc1ccc(-c2cc(F)cc(F)c2)cc1)c1ccccc1. The smallest absolute Gasteiger partial charge is 0.126 e. The first-order valence-corrected chi connectivity index (χ1v) is 7.72. The quantitative estimate of drug-likeness (QED) is 0.556. The molecule has 0 heterocycles. The van der Waals surface area contributed by atoms with Gasteiger partial charge in [-0.05, 0) is 46.7 Å². The normalized spacial score (nSPS) is 12.1. The molecule has 0 nitrogen and oxygen atoms in total. The van der Waals surface area contributed by atoms with Crippen molar-refractivity contribution in [1.29, 1.82) is 0 Å². The highest BCUT2D eigenvalue weighted by molar-refractivity contribution is 5.63. The maximum atomic E-state index is 13.3. The van der Waals surface area contributed by atoms with Crippen molar-refractivity contribution in [3.05, 3.63) is 95.6 Å². The summed E-state index contributed by atoms with van der Waals surface area (Å²) < 4.78 is 26.6. The maximum Gasteiger partial charge on any atom is 0.126 e. The Kier molecular flexibility index (Phi) is 4.52. The molecule has 0 spiro atoms. The number of hydrogen-bond acceptors (Lipinski definition) is 0. The van der Waals surface area contributed by atoms with Crippen LogP contribution < -0.4 is 0 Å². The molecule has 3 aromatic rings. The molecule has 116 valence electrons. The van der Waals surface area contributed by atoms with Crippen LogP contribution in [-0.2, 0) is 6.42 Å². The van der Waals surface area contributed by atoms with E-state index in [1.807, 2.05) is 42.5 Å². The highest BCUT2D eigenvalue weighted by atomic mass is 19.1. The standard InChI is InChI=1S/C21H18F2/c1-15(17-5-3-2-4-6-17)11-16-7-9-18(10-8-16)19-12-20(22)14-21(23)13-19/h2-10,12-15H,11H2,1H3. The Morgan fingerprint density at radius 3 is 1.96 bits per heavy atom. The molecule has 1 unspecified atom stereocenters. The van der Waals surface area contributed by atoms with E-state index in [0.717, 1.165) is 18.1 Å². The van der Waals surface area contributed by atoms with Crippen LogP contribution in [0, 0.1) is 11.6 Å². The van der Waals surface area contributed by atoms with E-state index < -0.39 is 11.6 Å². The number of hydrogen-bond donors (Lipinski definition) is 0. The van der Waals surface area contributed by atoms with Crippen molar-refractivity contribution in [2.45, 2.75) is 19.3 Å².